The van der Waals surface area contributed by atoms with Crippen molar-refractivity contribution in [2.45, 2.75) is 57.5 Å². The average molecular weight is 398 g/mol. The summed E-state index contributed by atoms with van der Waals surface area (Å²) in [6.45, 7) is 3.56. The predicted molar refractivity (Wildman–Crippen MR) is 110 cm³/mol. The maximum Gasteiger partial charge on any atom is 0.247 e. The van der Waals surface area contributed by atoms with Gasteiger partial charge in [0.1, 0.15) is 0 Å². The summed E-state index contributed by atoms with van der Waals surface area (Å²) in [5.74, 6) is 0.186. The van der Waals surface area contributed by atoms with Gasteiger partial charge in [0.2, 0.25) is 17.7 Å². The van der Waals surface area contributed by atoms with Crippen molar-refractivity contribution in [1.29, 1.82) is 0 Å². The summed E-state index contributed by atoms with van der Waals surface area (Å²) in [6.07, 6.45) is 6.49. The van der Waals surface area contributed by atoms with Gasteiger partial charge in [-0.25, -0.2) is 0 Å². The Hall–Kier alpha value is -2.21. The standard InChI is InChI=1S/C23H31N3O3/c27-21-16-20(23(29)26(21)17-18-8-4-3-5-9-18)24-14-10-19(11-15-24)22(28)25-12-6-1-2-7-13-25/h3-5,8-9,19-20H,1-2,6-7,10-17H2/t20-/m0/s1. The number of benzene rings is 1. The Kier molecular flexibility index (Phi) is 6.28. The van der Waals surface area contributed by atoms with Crippen LogP contribution in [0.2, 0.25) is 0 Å². The Bertz CT molecular complexity index is 735. The van der Waals surface area contributed by atoms with Crippen LogP contribution in [0.1, 0.15) is 50.5 Å². The molecule has 0 spiro atoms. The Morgan fingerprint density at radius 2 is 1.55 bits per heavy atom. The molecule has 0 saturated carbocycles. The van der Waals surface area contributed by atoms with Crippen molar-refractivity contribution in [3.63, 3.8) is 0 Å². The topological polar surface area (TPSA) is 60.9 Å². The van der Waals surface area contributed by atoms with E-state index in [1.54, 1.807) is 0 Å². The van der Waals surface area contributed by atoms with Crippen LogP contribution in [0.3, 0.4) is 0 Å². The minimum atomic E-state index is -0.361. The van der Waals surface area contributed by atoms with Crippen LogP contribution in [-0.4, -0.2) is 64.6 Å². The van der Waals surface area contributed by atoms with E-state index >= 15 is 0 Å². The highest BCUT2D eigenvalue weighted by atomic mass is 16.2. The molecule has 3 saturated heterocycles. The zero-order valence-electron chi connectivity index (χ0n) is 17.1. The third kappa shape index (κ3) is 4.53. The molecular formula is C23H31N3O3. The fraction of sp³-hybridized carbons (Fsp3) is 0.609. The monoisotopic (exact) mass is 397 g/mol. The first-order chi connectivity index (χ1) is 14.1. The second kappa shape index (κ2) is 9.08. The molecule has 29 heavy (non-hydrogen) atoms. The van der Waals surface area contributed by atoms with Crippen molar-refractivity contribution in [3.8, 4) is 0 Å². The number of hydrogen-bond donors (Lipinski definition) is 0. The number of likely N-dealkylation sites (tertiary alicyclic amines) is 3. The summed E-state index contributed by atoms with van der Waals surface area (Å²) in [5.41, 5.74) is 0.969. The molecular weight excluding hydrogens is 366 g/mol. The van der Waals surface area contributed by atoms with Crippen LogP contribution in [0.4, 0.5) is 0 Å². The highest BCUT2D eigenvalue weighted by molar-refractivity contribution is 6.05. The van der Waals surface area contributed by atoms with Crippen LogP contribution in [0, 0.1) is 5.92 Å². The highest BCUT2D eigenvalue weighted by Gasteiger charge is 2.43. The van der Waals surface area contributed by atoms with Gasteiger partial charge in [0.25, 0.3) is 0 Å². The number of rotatable bonds is 4. The molecule has 1 aromatic carbocycles. The van der Waals surface area contributed by atoms with Crippen molar-refractivity contribution in [3.05, 3.63) is 35.9 Å². The van der Waals surface area contributed by atoms with E-state index in [1.165, 1.54) is 17.7 Å². The van der Waals surface area contributed by atoms with Crippen LogP contribution in [0.15, 0.2) is 30.3 Å². The number of nitrogens with zero attached hydrogens (tertiary/aromatic N) is 3. The summed E-state index contributed by atoms with van der Waals surface area (Å²) in [6, 6.07) is 9.28. The first kappa shape index (κ1) is 20.1. The van der Waals surface area contributed by atoms with Gasteiger partial charge in [-0.1, -0.05) is 43.2 Å². The molecule has 1 atom stereocenters. The van der Waals surface area contributed by atoms with Crippen molar-refractivity contribution in [2.75, 3.05) is 26.2 Å². The Balaban J connectivity index is 1.32. The Labute approximate surface area is 172 Å². The fourth-order valence-corrected chi connectivity index (χ4v) is 4.89. The second-order valence-corrected chi connectivity index (χ2v) is 8.57. The third-order valence-electron chi connectivity index (χ3n) is 6.64. The summed E-state index contributed by atoms with van der Waals surface area (Å²) >= 11 is 0. The summed E-state index contributed by atoms with van der Waals surface area (Å²) < 4.78 is 0. The number of carbonyl (C=O) groups is 3. The lowest BCUT2D eigenvalue weighted by Crippen LogP contribution is -2.48. The van der Waals surface area contributed by atoms with Crippen molar-refractivity contribution >= 4 is 17.7 Å². The first-order valence-corrected chi connectivity index (χ1v) is 11.0. The van der Waals surface area contributed by atoms with Gasteiger partial charge >= 0.3 is 0 Å². The van der Waals surface area contributed by atoms with Crippen molar-refractivity contribution in [2.24, 2.45) is 5.92 Å². The van der Waals surface area contributed by atoms with E-state index in [1.807, 2.05) is 30.3 Å². The fourth-order valence-electron chi connectivity index (χ4n) is 4.89. The zero-order valence-corrected chi connectivity index (χ0v) is 17.1. The van der Waals surface area contributed by atoms with Gasteiger partial charge in [-0.2, -0.15) is 0 Å². The number of carbonyl (C=O) groups excluding carboxylic acids is 3. The molecule has 6 heteroatoms. The number of hydrogen-bond acceptors (Lipinski definition) is 4. The third-order valence-corrected chi connectivity index (χ3v) is 6.64. The van der Waals surface area contributed by atoms with Gasteiger partial charge in [0.15, 0.2) is 0 Å². The molecule has 3 fully saturated rings. The summed E-state index contributed by atoms with van der Waals surface area (Å²) in [5, 5.41) is 0. The molecule has 3 heterocycles. The first-order valence-electron chi connectivity index (χ1n) is 11.0. The molecule has 156 valence electrons. The van der Waals surface area contributed by atoms with Crippen LogP contribution < -0.4 is 0 Å². The molecule has 0 unspecified atom stereocenters. The Morgan fingerprint density at radius 3 is 2.21 bits per heavy atom. The van der Waals surface area contributed by atoms with Gasteiger partial charge in [-0.3, -0.25) is 24.2 Å². The minimum Gasteiger partial charge on any atom is -0.342 e. The lowest BCUT2D eigenvalue weighted by molar-refractivity contribution is -0.140. The number of piperidine rings is 1. The molecule has 0 N–H and O–H groups in total. The van der Waals surface area contributed by atoms with Gasteiger partial charge in [-0.05, 0) is 44.3 Å². The zero-order chi connectivity index (χ0) is 20.2. The maximum absolute atomic E-state index is 12.9. The van der Waals surface area contributed by atoms with Gasteiger partial charge in [-0.15, -0.1) is 0 Å². The summed E-state index contributed by atoms with van der Waals surface area (Å²) in [7, 11) is 0. The Morgan fingerprint density at radius 1 is 0.897 bits per heavy atom. The molecule has 4 rings (SSSR count). The van der Waals surface area contributed by atoms with E-state index in [0.29, 0.717) is 25.5 Å². The van der Waals surface area contributed by atoms with Gasteiger partial charge < -0.3 is 4.90 Å². The molecule has 0 radical (unpaired) electrons. The normalized spacial score (nSPS) is 24.8. The number of amides is 3. The average Bonchev–Trinajstić information content (AvgIpc) is 2.95. The lowest BCUT2D eigenvalue weighted by Gasteiger charge is -2.36. The molecule has 0 bridgehead atoms. The predicted octanol–water partition coefficient (Wildman–Crippen LogP) is 2.43. The largest absolute Gasteiger partial charge is 0.342 e. The molecule has 3 amide bonds. The van der Waals surface area contributed by atoms with Crippen LogP contribution in [-0.2, 0) is 20.9 Å². The molecule has 1 aromatic rings. The lowest BCUT2D eigenvalue weighted by atomic mass is 9.94. The smallest absolute Gasteiger partial charge is 0.247 e. The van der Waals surface area contributed by atoms with Gasteiger partial charge in [0, 0.05) is 19.0 Å². The van der Waals surface area contributed by atoms with Crippen LogP contribution in [0.25, 0.3) is 0 Å². The molecule has 3 aliphatic rings. The number of imide groups is 1. The van der Waals surface area contributed by atoms with E-state index in [-0.39, 0.29) is 30.2 Å². The summed E-state index contributed by atoms with van der Waals surface area (Å²) in [4.78, 5) is 43.8. The minimum absolute atomic E-state index is 0.0666. The SMILES string of the molecule is O=C(C1CCN([C@H]2CC(=O)N(Cc3ccccc3)C2=O)CC1)N1CCCCCC1. The molecule has 3 aliphatic heterocycles. The highest BCUT2D eigenvalue weighted by Crippen LogP contribution is 2.27. The van der Waals surface area contributed by atoms with E-state index in [2.05, 4.69) is 9.80 Å². The van der Waals surface area contributed by atoms with Gasteiger partial charge in [0.05, 0.1) is 19.0 Å². The van der Waals surface area contributed by atoms with Crippen LogP contribution in [0.5, 0.6) is 0 Å². The van der Waals surface area contributed by atoms with E-state index in [0.717, 1.165) is 44.3 Å². The quantitative estimate of drug-likeness (QED) is 0.732. The van der Waals surface area contributed by atoms with E-state index in [4.69, 9.17) is 0 Å². The molecule has 0 aliphatic carbocycles. The van der Waals surface area contributed by atoms with Crippen molar-refractivity contribution < 1.29 is 14.4 Å². The molecule has 6 nitrogen and oxygen atoms in total. The van der Waals surface area contributed by atoms with E-state index in [9.17, 15) is 14.4 Å². The maximum atomic E-state index is 12.9. The van der Waals surface area contributed by atoms with E-state index < -0.39 is 0 Å². The van der Waals surface area contributed by atoms with Crippen molar-refractivity contribution in [1.82, 2.24) is 14.7 Å². The second-order valence-electron chi connectivity index (χ2n) is 8.57. The van der Waals surface area contributed by atoms with Crippen LogP contribution >= 0.6 is 0 Å². The molecule has 0 aromatic heterocycles.